The molecular formula is C23H26BrNOS. The van der Waals surface area contributed by atoms with Gasteiger partial charge in [0.1, 0.15) is 5.75 Å². The van der Waals surface area contributed by atoms with Crippen LogP contribution in [0, 0.1) is 6.92 Å². The number of hydrogen-bond acceptors (Lipinski definition) is 3. The van der Waals surface area contributed by atoms with Gasteiger partial charge in [-0.1, -0.05) is 34.1 Å². The van der Waals surface area contributed by atoms with Gasteiger partial charge >= 0.3 is 0 Å². The molecule has 0 radical (unpaired) electrons. The van der Waals surface area contributed by atoms with E-state index in [1.807, 2.05) is 17.4 Å². The summed E-state index contributed by atoms with van der Waals surface area (Å²) in [5.74, 6) is 0.963. The van der Waals surface area contributed by atoms with Crippen LogP contribution in [-0.2, 0) is 0 Å². The first-order valence-electron chi connectivity index (χ1n) is 9.30. The van der Waals surface area contributed by atoms with Crippen LogP contribution >= 0.6 is 27.3 Å². The van der Waals surface area contributed by atoms with E-state index in [9.17, 15) is 0 Å². The number of fused-ring (bicyclic) bond motifs is 1. The molecule has 4 heteroatoms. The Morgan fingerprint density at radius 1 is 1.15 bits per heavy atom. The van der Waals surface area contributed by atoms with Crippen molar-refractivity contribution in [1.82, 2.24) is 4.90 Å². The van der Waals surface area contributed by atoms with Gasteiger partial charge in [-0.3, -0.25) is 0 Å². The number of unbranched alkanes of at least 4 members (excludes halogenated alkanes) is 1. The molecule has 2 nitrogen and oxygen atoms in total. The van der Waals surface area contributed by atoms with Crippen LogP contribution in [0.15, 0.2) is 59.6 Å². The number of benzene rings is 2. The number of halogens is 1. The number of thiophene rings is 1. The number of likely N-dealkylation sites (N-methyl/N-ethyl adjacent to an activating group) is 1. The Bertz CT molecular complexity index is 901. The molecule has 0 saturated carbocycles. The molecule has 1 heterocycles. The normalized spacial score (nSPS) is 11.3. The summed E-state index contributed by atoms with van der Waals surface area (Å²) in [5.41, 5.74) is 2.60. The highest BCUT2D eigenvalue weighted by atomic mass is 79.9. The lowest BCUT2D eigenvalue weighted by Crippen LogP contribution is -2.19. The fraction of sp³-hybridized carbons (Fsp3) is 0.304. The lowest BCUT2D eigenvalue weighted by Gasteiger charge is -2.13. The second-order valence-corrected chi connectivity index (χ2v) is 8.98. The third-order valence-corrected chi connectivity index (χ3v) is 6.21. The molecule has 0 aliphatic rings. The molecule has 0 aliphatic carbocycles. The molecule has 0 fully saturated rings. The van der Waals surface area contributed by atoms with Crippen molar-refractivity contribution in [2.75, 3.05) is 26.7 Å². The highest BCUT2D eigenvalue weighted by molar-refractivity contribution is 9.10. The van der Waals surface area contributed by atoms with E-state index in [1.54, 1.807) is 0 Å². The van der Waals surface area contributed by atoms with Gasteiger partial charge in [-0.05, 0) is 69.3 Å². The molecule has 3 aromatic rings. The fourth-order valence-electron chi connectivity index (χ4n) is 3.25. The summed E-state index contributed by atoms with van der Waals surface area (Å²) in [6.45, 7) is 8.75. The molecule has 0 N–H and O–H groups in total. The van der Waals surface area contributed by atoms with Crippen LogP contribution in [-0.4, -0.2) is 31.6 Å². The van der Waals surface area contributed by atoms with Gasteiger partial charge < -0.3 is 9.64 Å². The molecule has 0 atom stereocenters. The molecule has 0 amide bonds. The van der Waals surface area contributed by atoms with Crippen LogP contribution in [0.25, 0.3) is 21.2 Å². The number of rotatable bonds is 9. The third kappa shape index (κ3) is 5.22. The second kappa shape index (κ2) is 9.54. The zero-order chi connectivity index (χ0) is 19.2. The Kier molecular flexibility index (Phi) is 7.11. The van der Waals surface area contributed by atoms with Crippen molar-refractivity contribution in [3.05, 3.63) is 64.5 Å². The van der Waals surface area contributed by atoms with Crippen molar-refractivity contribution >= 4 is 37.4 Å². The summed E-state index contributed by atoms with van der Waals surface area (Å²) in [6.07, 6.45) is 4.14. The highest BCUT2D eigenvalue weighted by Crippen LogP contribution is 2.40. The summed E-state index contributed by atoms with van der Waals surface area (Å²) in [5, 5.41) is 1.30. The molecule has 2 aromatic carbocycles. The van der Waals surface area contributed by atoms with E-state index in [0.717, 1.165) is 42.8 Å². The maximum absolute atomic E-state index is 5.99. The van der Waals surface area contributed by atoms with Crippen LogP contribution < -0.4 is 4.74 Å². The van der Waals surface area contributed by atoms with Crippen molar-refractivity contribution in [1.29, 1.82) is 0 Å². The van der Waals surface area contributed by atoms with Crippen LogP contribution in [0.1, 0.15) is 17.7 Å². The van der Waals surface area contributed by atoms with Gasteiger partial charge in [0.15, 0.2) is 0 Å². The van der Waals surface area contributed by atoms with Gasteiger partial charge in [-0.25, -0.2) is 0 Å². The van der Waals surface area contributed by atoms with Gasteiger partial charge in [-0.2, -0.15) is 0 Å². The molecule has 142 valence electrons. The van der Waals surface area contributed by atoms with E-state index in [2.05, 4.69) is 83.8 Å². The SMILES string of the molecule is C=CCN(C)CCCCOc1ccc2c(-c3ccc(Br)cc3)c(C)sc2c1. The van der Waals surface area contributed by atoms with Crippen molar-refractivity contribution in [2.45, 2.75) is 19.8 Å². The molecule has 1 aromatic heterocycles. The molecule has 0 saturated heterocycles. The average molecular weight is 444 g/mol. The zero-order valence-electron chi connectivity index (χ0n) is 16.0. The van der Waals surface area contributed by atoms with E-state index >= 15 is 0 Å². The lowest BCUT2D eigenvalue weighted by atomic mass is 10.0. The molecule has 0 bridgehead atoms. The van der Waals surface area contributed by atoms with E-state index in [1.165, 1.54) is 26.1 Å². The molecule has 3 rings (SSSR count). The van der Waals surface area contributed by atoms with E-state index in [4.69, 9.17) is 4.74 Å². The van der Waals surface area contributed by atoms with Gasteiger partial charge in [-0.15, -0.1) is 17.9 Å². The van der Waals surface area contributed by atoms with Crippen LogP contribution in [0.3, 0.4) is 0 Å². The summed E-state index contributed by atoms with van der Waals surface area (Å²) in [4.78, 5) is 3.62. The van der Waals surface area contributed by atoms with Gasteiger partial charge in [0.2, 0.25) is 0 Å². The van der Waals surface area contributed by atoms with E-state index < -0.39 is 0 Å². The number of ether oxygens (including phenoxy) is 1. The van der Waals surface area contributed by atoms with Gasteiger partial charge in [0.05, 0.1) is 6.61 Å². The minimum Gasteiger partial charge on any atom is -0.494 e. The predicted octanol–water partition coefficient (Wildman–Crippen LogP) is 6.92. The first-order chi connectivity index (χ1) is 13.1. The van der Waals surface area contributed by atoms with Crippen LogP contribution in [0.4, 0.5) is 0 Å². The van der Waals surface area contributed by atoms with Crippen molar-refractivity contribution in [3.63, 3.8) is 0 Å². The number of aryl methyl sites for hydroxylation is 1. The van der Waals surface area contributed by atoms with Crippen molar-refractivity contribution in [3.8, 4) is 16.9 Å². The molecule has 0 aliphatic heterocycles. The first-order valence-corrected chi connectivity index (χ1v) is 10.9. The number of hydrogen-bond donors (Lipinski definition) is 0. The van der Waals surface area contributed by atoms with E-state index in [-0.39, 0.29) is 0 Å². The number of nitrogens with zero attached hydrogens (tertiary/aromatic N) is 1. The molecular weight excluding hydrogens is 418 g/mol. The summed E-state index contributed by atoms with van der Waals surface area (Å²) in [6, 6.07) is 15.0. The quantitative estimate of drug-likeness (QED) is 0.263. The summed E-state index contributed by atoms with van der Waals surface area (Å²) >= 11 is 5.35. The minimum atomic E-state index is 0.761. The molecule has 0 spiro atoms. The van der Waals surface area contributed by atoms with Crippen molar-refractivity contribution in [2.24, 2.45) is 0 Å². The topological polar surface area (TPSA) is 12.5 Å². The smallest absolute Gasteiger partial charge is 0.120 e. The monoisotopic (exact) mass is 443 g/mol. The first kappa shape index (κ1) is 20.1. The van der Waals surface area contributed by atoms with Crippen LogP contribution in [0.5, 0.6) is 5.75 Å². The van der Waals surface area contributed by atoms with Crippen LogP contribution in [0.2, 0.25) is 0 Å². The lowest BCUT2D eigenvalue weighted by molar-refractivity contribution is 0.288. The fourth-order valence-corrected chi connectivity index (χ4v) is 4.63. The molecule has 27 heavy (non-hydrogen) atoms. The Hall–Kier alpha value is -1.62. The largest absolute Gasteiger partial charge is 0.494 e. The Morgan fingerprint density at radius 2 is 1.93 bits per heavy atom. The average Bonchev–Trinajstić information content (AvgIpc) is 2.97. The Balaban J connectivity index is 1.64. The van der Waals surface area contributed by atoms with Gasteiger partial charge in [0, 0.05) is 31.5 Å². The Morgan fingerprint density at radius 3 is 2.67 bits per heavy atom. The predicted molar refractivity (Wildman–Crippen MR) is 122 cm³/mol. The maximum atomic E-state index is 5.99. The zero-order valence-corrected chi connectivity index (χ0v) is 18.4. The second-order valence-electron chi connectivity index (χ2n) is 6.80. The van der Waals surface area contributed by atoms with Gasteiger partial charge in [0.25, 0.3) is 0 Å². The van der Waals surface area contributed by atoms with E-state index in [0.29, 0.717) is 0 Å². The Labute approximate surface area is 174 Å². The maximum Gasteiger partial charge on any atom is 0.120 e. The minimum absolute atomic E-state index is 0.761. The summed E-state index contributed by atoms with van der Waals surface area (Å²) < 4.78 is 8.38. The third-order valence-electron chi connectivity index (χ3n) is 4.61. The molecule has 0 unspecified atom stereocenters. The van der Waals surface area contributed by atoms with Crippen molar-refractivity contribution < 1.29 is 4.74 Å². The summed E-state index contributed by atoms with van der Waals surface area (Å²) in [7, 11) is 2.12. The highest BCUT2D eigenvalue weighted by Gasteiger charge is 2.12. The standard InChI is InChI=1S/C23H26BrNOS/c1-4-13-25(3)14-5-6-15-26-20-11-12-21-22(16-20)27-17(2)23(21)18-7-9-19(24)10-8-18/h4,7-12,16H,1,5-6,13-15H2,2-3H3.